The normalized spacial score (nSPS) is 12.2. The van der Waals surface area contributed by atoms with E-state index in [1.807, 2.05) is 48.5 Å². The van der Waals surface area contributed by atoms with Gasteiger partial charge in [-0.15, -0.1) is 11.3 Å². The quantitative estimate of drug-likeness (QED) is 0.516. The lowest BCUT2D eigenvalue weighted by Gasteiger charge is -2.16. The highest BCUT2D eigenvalue weighted by atomic mass is 32.1. The van der Waals surface area contributed by atoms with Gasteiger partial charge in [0.15, 0.2) is 0 Å². The molecule has 0 spiro atoms. The molecule has 0 unspecified atom stereocenters. The topological polar surface area (TPSA) is 38.1 Å². The lowest BCUT2D eigenvalue weighted by molar-refractivity contribution is 0.444. The summed E-state index contributed by atoms with van der Waals surface area (Å²) >= 11 is 1.67. The van der Waals surface area contributed by atoms with Crippen molar-refractivity contribution in [1.29, 1.82) is 0 Å². The largest absolute Gasteiger partial charge is 0.467 e. The first-order chi connectivity index (χ1) is 12.4. The fourth-order valence-corrected chi connectivity index (χ4v) is 3.62. The van der Waals surface area contributed by atoms with E-state index in [0.29, 0.717) is 6.54 Å². The SMILES string of the molecule is c1ccc(-c2nc(CN[C@H](c3ccccc3)c3ccco3)cs2)cc1. The van der Waals surface area contributed by atoms with Crippen LogP contribution in [0.15, 0.2) is 88.9 Å². The molecule has 0 saturated heterocycles. The lowest BCUT2D eigenvalue weighted by Crippen LogP contribution is -2.21. The van der Waals surface area contributed by atoms with E-state index in [4.69, 9.17) is 9.40 Å². The first-order valence-electron chi connectivity index (χ1n) is 8.22. The molecular formula is C21H18N2OS. The Hall–Kier alpha value is -2.69. The summed E-state index contributed by atoms with van der Waals surface area (Å²) in [6.07, 6.45) is 1.71. The van der Waals surface area contributed by atoms with Crippen molar-refractivity contribution in [3.8, 4) is 10.6 Å². The van der Waals surface area contributed by atoms with Crippen LogP contribution in [0.4, 0.5) is 0 Å². The van der Waals surface area contributed by atoms with Crippen molar-refractivity contribution < 1.29 is 4.42 Å². The highest BCUT2D eigenvalue weighted by Crippen LogP contribution is 2.25. The summed E-state index contributed by atoms with van der Waals surface area (Å²) in [5, 5.41) is 6.73. The summed E-state index contributed by atoms with van der Waals surface area (Å²) in [4.78, 5) is 4.75. The van der Waals surface area contributed by atoms with Crippen LogP contribution < -0.4 is 5.32 Å². The van der Waals surface area contributed by atoms with Gasteiger partial charge < -0.3 is 4.42 Å². The Labute approximate surface area is 151 Å². The van der Waals surface area contributed by atoms with Crippen LogP contribution in [0.2, 0.25) is 0 Å². The number of aromatic nitrogens is 1. The average molecular weight is 346 g/mol. The molecule has 0 aliphatic heterocycles. The van der Waals surface area contributed by atoms with Gasteiger partial charge in [-0.25, -0.2) is 4.98 Å². The van der Waals surface area contributed by atoms with Crippen LogP contribution in [-0.2, 0) is 6.54 Å². The van der Waals surface area contributed by atoms with E-state index in [9.17, 15) is 0 Å². The third-order valence-corrected chi connectivity index (χ3v) is 4.96. The van der Waals surface area contributed by atoms with E-state index in [-0.39, 0.29) is 6.04 Å². The van der Waals surface area contributed by atoms with Crippen LogP contribution in [0.25, 0.3) is 10.6 Å². The van der Waals surface area contributed by atoms with E-state index >= 15 is 0 Å². The molecule has 0 saturated carbocycles. The van der Waals surface area contributed by atoms with Gasteiger partial charge in [0.05, 0.1) is 18.0 Å². The van der Waals surface area contributed by atoms with Gasteiger partial charge in [-0.2, -0.15) is 0 Å². The maximum absolute atomic E-state index is 5.63. The van der Waals surface area contributed by atoms with Crippen molar-refractivity contribution >= 4 is 11.3 Å². The minimum Gasteiger partial charge on any atom is -0.467 e. The first kappa shape index (κ1) is 15.8. The second-order valence-corrected chi connectivity index (χ2v) is 6.61. The zero-order valence-electron chi connectivity index (χ0n) is 13.6. The highest BCUT2D eigenvalue weighted by molar-refractivity contribution is 7.13. The Morgan fingerprint density at radius 2 is 1.68 bits per heavy atom. The smallest absolute Gasteiger partial charge is 0.125 e. The molecule has 2 heterocycles. The number of thiazole rings is 1. The molecule has 2 aromatic heterocycles. The molecule has 2 aromatic carbocycles. The van der Waals surface area contributed by atoms with E-state index in [1.165, 1.54) is 5.56 Å². The molecule has 4 aromatic rings. The van der Waals surface area contributed by atoms with Gasteiger partial charge in [0, 0.05) is 17.5 Å². The van der Waals surface area contributed by atoms with E-state index < -0.39 is 0 Å². The molecule has 0 radical (unpaired) electrons. The molecule has 4 heteroatoms. The van der Waals surface area contributed by atoms with Crippen LogP contribution in [-0.4, -0.2) is 4.98 Å². The third-order valence-electron chi connectivity index (χ3n) is 4.02. The van der Waals surface area contributed by atoms with Gasteiger partial charge in [-0.3, -0.25) is 5.32 Å². The Balaban J connectivity index is 1.51. The summed E-state index contributed by atoms with van der Waals surface area (Å²) in [5.74, 6) is 0.907. The zero-order chi connectivity index (χ0) is 16.9. The summed E-state index contributed by atoms with van der Waals surface area (Å²) in [7, 11) is 0. The van der Waals surface area contributed by atoms with Crippen molar-refractivity contribution in [2.75, 3.05) is 0 Å². The molecule has 25 heavy (non-hydrogen) atoms. The van der Waals surface area contributed by atoms with Gasteiger partial charge in [-0.05, 0) is 17.7 Å². The third kappa shape index (κ3) is 3.71. The average Bonchev–Trinajstić information content (AvgIpc) is 3.36. The number of nitrogens with zero attached hydrogens (tertiary/aromatic N) is 1. The van der Waals surface area contributed by atoms with Gasteiger partial charge in [0.25, 0.3) is 0 Å². The van der Waals surface area contributed by atoms with Crippen molar-refractivity contribution in [1.82, 2.24) is 10.3 Å². The monoisotopic (exact) mass is 346 g/mol. The Bertz CT molecular complexity index is 902. The maximum atomic E-state index is 5.63. The van der Waals surface area contributed by atoms with E-state index in [2.05, 4.69) is 35.0 Å². The second-order valence-electron chi connectivity index (χ2n) is 5.75. The molecule has 3 nitrogen and oxygen atoms in total. The number of furan rings is 1. The minimum absolute atomic E-state index is 0.0121. The van der Waals surface area contributed by atoms with Crippen molar-refractivity contribution in [3.63, 3.8) is 0 Å². The fraction of sp³-hybridized carbons (Fsp3) is 0.0952. The summed E-state index contributed by atoms with van der Waals surface area (Å²) in [6, 6.07) is 24.5. The van der Waals surface area contributed by atoms with Crippen molar-refractivity contribution in [2.24, 2.45) is 0 Å². The zero-order valence-corrected chi connectivity index (χ0v) is 14.4. The Kier molecular flexibility index (Phi) is 4.72. The number of nitrogens with one attached hydrogen (secondary N) is 1. The van der Waals surface area contributed by atoms with Crippen molar-refractivity contribution in [2.45, 2.75) is 12.6 Å². The Morgan fingerprint density at radius 3 is 2.40 bits per heavy atom. The van der Waals surface area contributed by atoms with E-state index in [1.54, 1.807) is 17.6 Å². The lowest BCUT2D eigenvalue weighted by atomic mass is 10.0. The molecule has 0 bridgehead atoms. The summed E-state index contributed by atoms with van der Waals surface area (Å²) in [5.41, 5.74) is 3.37. The van der Waals surface area contributed by atoms with Gasteiger partial charge in [-0.1, -0.05) is 60.7 Å². The molecule has 0 aliphatic carbocycles. The molecule has 0 aliphatic rings. The highest BCUT2D eigenvalue weighted by Gasteiger charge is 2.16. The number of hydrogen-bond acceptors (Lipinski definition) is 4. The molecule has 0 amide bonds. The Morgan fingerprint density at radius 1 is 0.920 bits per heavy atom. The summed E-state index contributed by atoms with van der Waals surface area (Å²) < 4.78 is 5.63. The van der Waals surface area contributed by atoms with Crippen LogP contribution >= 0.6 is 11.3 Å². The molecule has 4 rings (SSSR count). The number of benzene rings is 2. The molecule has 124 valence electrons. The minimum atomic E-state index is 0.0121. The van der Waals surface area contributed by atoms with Gasteiger partial charge >= 0.3 is 0 Å². The molecule has 1 N–H and O–H groups in total. The molecular weight excluding hydrogens is 328 g/mol. The predicted octanol–water partition coefficient (Wildman–Crippen LogP) is 5.28. The van der Waals surface area contributed by atoms with Crippen LogP contribution in [0, 0.1) is 0 Å². The predicted molar refractivity (Wildman–Crippen MR) is 101 cm³/mol. The summed E-state index contributed by atoms with van der Waals surface area (Å²) in [6.45, 7) is 0.684. The number of hydrogen-bond donors (Lipinski definition) is 1. The second kappa shape index (κ2) is 7.47. The van der Waals surface area contributed by atoms with Crippen LogP contribution in [0.3, 0.4) is 0 Å². The van der Waals surface area contributed by atoms with Crippen molar-refractivity contribution in [3.05, 3.63) is 101 Å². The first-order valence-corrected chi connectivity index (χ1v) is 9.10. The fourth-order valence-electron chi connectivity index (χ4n) is 2.79. The van der Waals surface area contributed by atoms with Gasteiger partial charge in [0.2, 0.25) is 0 Å². The molecule has 1 atom stereocenters. The van der Waals surface area contributed by atoms with Crippen LogP contribution in [0.1, 0.15) is 23.1 Å². The van der Waals surface area contributed by atoms with Crippen LogP contribution in [0.5, 0.6) is 0 Å². The van der Waals surface area contributed by atoms with E-state index in [0.717, 1.165) is 22.0 Å². The standard InChI is InChI=1S/C21H18N2OS/c1-3-8-16(9-4-1)20(19-12-7-13-24-19)22-14-18-15-25-21(23-18)17-10-5-2-6-11-17/h1-13,15,20,22H,14H2/t20-/m1/s1. The van der Waals surface area contributed by atoms with Gasteiger partial charge in [0.1, 0.15) is 10.8 Å². The maximum Gasteiger partial charge on any atom is 0.125 e. The molecule has 0 fully saturated rings. The number of rotatable bonds is 6.